The topological polar surface area (TPSA) is 90.7 Å². The van der Waals surface area contributed by atoms with Gasteiger partial charge >= 0.3 is 5.97 Å². The van der Waals surface area contributed by atoms with Crippen LogP contribution in [0, 0.1) is 13.8 Å². The molecule has 1 saturated heterocycles. The van der Waals surface area contributed by atoms with Crippen molar-refractivity contribution in [2.24, 2.45) is 0 Å². The van der Waals surface area contributed by atoms with E-state index in [2.05, 4.69) is 4.90 Å². The molecule has 0 bridgehead atoms. The summed E-state index contributed by atoms with van der Waals surface area (Å²) in [4.78, 5) is 19.1. The molecule has 0 amide bonds. The lowest BCUT2D eigenvalue weighted by atomic mass is 10.1. The quantitative estimate of drug-likeness (QED) is 0.526. The van der Waals surface area contributed by atoms with Gasteiger partial charge in [0, 0.05) is 26.1 Å². The number of methoxy groups -OCH3 is 1. The fraction of sp³-hybridized carbons (Fsp3) is 0.391. The Labute approximate surface area is 187 Å². The number of esters is 1. The molecule has 2 aromatic carbocycles. The normalized spacial score (nSPS) is 15.2. The van der Waals surface area contributed by atoms with Gasteiger partial charge in [-0.05, 0) is 49.2 Å². The molecule has 2 heterocycles. The molecular formula is C23H27N3O5S. The number of imidazole rings is 1. The molecule has 1 fully saturated rings. The van der Waals surface area contributed by atoms with Crippen molar-refractivity contribution in [1.29, 1.82) is 0 Å². The van der Waals surface area contributed by atoms with Crippen molar-refractivity contribution in [3.8, 4) is 0 Å². The Morgan fingerprint density at radius 3 is 2.53 bits per heavy atom. The number of hydrogen-bond acceptors (Lipinski definition) is 7. The molecule has 0 N–H and O–H groups in total. The average molecular weight is 458 g/mol. The molecule has 0 atom stereocenters. The molecule has 0 radical (unpaired) electrons. The number of rotatable bonds is 6. The Morgan fingerprint density at radius 1 is 1.12 bits per heavy atom. The predicted octanol–water partition coefficient (Wildman–Crippen LogP) is 2.55. The first-order valence-corrected chi connectivity index (χ1v) is 12.0. The SMILES string of the molecule is COC(=O)c1ccccc1S(=O)(=O)n1c(CCN2CCOCC2)nc2cc(C)c(C)cc21. The van der Waals surface area contributed by atoms with Crippen LogP contribution in [0.2, 0.25) is 0 Å². The Kier molecular flexibility index (Phi) is 6.32. The number of carbonyl (C=O) groups is 1. The maximum absolute atomic E-state index is 13.9. The van der Waals surface area contributed by atoms with Crippen molar-refractivity contribution in [1.82, 2.24) is 13.9 Å². The molecule has 0 spiro atoms. The molecule has 170 valence electrons. The van der Waals surface area contributed by atoms with Gasteiger partial charge in [0.25, 0.3) is 10.0 Å². The summed E-state index contributed by atoms with van der Waals surface area (Å²) in [5, 5.41) is 0. The van der Waals surface area contributed by atoms with Gasteiger partial charge in [0.15, 0.2) is 0 Å². The van der Waals surface area contributed by atoms with Crippen LogP contribution in [-0.4, -0.2) is 68.2 Å². The Morgan fingerprint density at radius 2 is 1.81 bits per heavy atom. The minimum absolute atomic E-state index is 0.000173. The van der Waals surface area contributed by atoms with E-state index in [1.807, 2.05) is 26.0 Å². The van der Waals surface area contributed by atoms with Gasteiger partial charge in [0.2, 0.25) is 0 Å². The van der Waals surface area contributed by atoms with Crippen LogP contribution in [0.15, 0.2) is 41.3 Å². The number of nitrogens with zero attached hydrogens (tertiary/aromatic N) is 3. The molecule has 1 aliphatic heterocycles. The molecular weight excluding hydrogens is 430 g/mol. The van der Waals surface area contributed by atoms with Crippen molar-refractivity contribution in [3.05, 3.63) is 58.9 Å². The standard InChI is InChI=1S/C23H27N3O5S/c1-16-14-19-20(15-17(16)2)26(22(24-19)8-9-25-10-12-31-13-11-25)32(28,29)21-7-5-4-6-18(21)23(27)30-3/h4-7,14-15H,8-13H2,1-3H3. The summed E-state index contributed by atoms with van der Waals surface area (Å²) in [6.45, 7) is 7.52. The number of fused-ring (bicyclic) bond motifs is 1. The summed E-state index contributed by atoms with van der Waals surface area (Å²) in [5.41, 5.74) is 3.12. The summed E-state index contributed by atoms with van der Waals surface area (Å²) in [5.74, 6) is -0.258. The van der Waals surface area contributed by atoms with Crippen LogP contribution in [0.25, 0.3) is 11.0 Å². The molecule has 0 saturated carbocycles. The highest BCUT2D eigenvalue weighted by molar-refractivity contribution is 7.90. The van der Waals surface area contributed by atoms with Crippen molar-refractivity contribution in [3.63, 3.8) is 0 Å². The molecule has 0 unspecified atom stereocenters. The zero-order valence-corrected chi connectivity index (χ0v) is 19.3. The fourth-order valence-electron chi connectivity index (χ4n) is 3.94. The summed E-state index contributed by atoms with van der Waals surface area (Å²) in [7, 11) is -2.88. The third-order valence-electron chi connectivity index (χ3n) is 5.86. The zero-order valence-electron chi connectivity index (χ0n) is 18.5. The fourth-order valence-corrected chi connectivity index (χ4v) is 5.63. The van der Waals surface area contributed by atoms with Crippen LogP contribution < -0.4 is 0 Å². The zero-order chi connectivity index (χ0) is 22.9. The lowest BCUT2D eigenvalue weighted by molar-refractivity contribution is 0.0382. The molecule has 0 aliphatic carbocycles. The highest BCUT2D eigenvalue weighted by atomic mass is 32.2. The number of hydrogen-bond donors (Lipinski definition) is 0. The van der Waals surface area contributed by atoms with Crippen LogP contribution in [0.1, 0.15) is 27.3 Å². The van der Waals surface area contributed by atoms with Crippen molar-refractivity contribution in [2.75, 3.05) is 40.0 Å². The summed E-state index contributed by atoms with van der Waals surface area (Å²) in [6.07, 6.45) is 0.451. The van der Waals surface area contributed by atoms with Crippen LogP contribution >= 0.6 is 0 Å². The van der Waals surface area contributed by atoms with Gasteiger partial charge in [-0.2, -0.15) is 0 Å². The van der Waals surface area contributed by atoms with E-state index < -0.39 is 16.0 Å². The van der Waals surface area contributed by atoms with Crippen molar-refractivity contribution >= 4 is 27.0 Å². The van der Waals surface area contributed by atoms with E-state index in [0.717, 1.165) is 24.2 Å². The van der Waals surface area contributed by atoms with Crippen molar-refractivity contribution < 1.29 is 22.7 Å². The van der Waals surface area contributed by atoms with E-state index in [1.165, 1.54) is 23.2 Å². The molecule has 1 aliphatic rings. The molecule has 32 heavy (non-hydrogen) atoms. The Balaban J connectivity index is 1.86. The number of morpholine rings is 1. The highest BCUT2D eigenvalue weighted by Crippen LogP contribution is 2.28. The highest BCUT2D eigenvalue weighted by Gasteiger charge is 2.29. The lowest BCUT2D eigenvalue weighted by Crippen LogP contribution is -2.37. The monoisotopic (exact) mass is 457 g/mol. The Hall–Kier alpha value is -2.75. The van der Waals surface area contributed by atoms with Gasteiger partial charge in [0.1, 0.15) is 10.7 Å². The summed E-state index contributed by atoms with van der Waals surface area (Å²) >= 11 is 0. The van der Waals surface area contributed by atoms with E-state index in [0.29, 0.717) is 43.0 Å². The third-order valence-corrected chi connectivity index (χ3v) is 7.66. The first kappa shape index (κ1) is 22.4. The molecule has 9 heteroatoms. The largest absolute Gasteiger partial charge is 0.465 e. The van der Waals surface area contributed by atoms with Gasteiger partial charge in [-0.15, -0.1) is 0 Å². The van der Waals surface area contributed by atoms with Gasteiger partial charge in [-0.3, -0.25) is 4.90 Å². The number of carbonyl (C=O) groups excluding carboxylic acids is 1. The van der Waals surface area contributed by atoms with Gasteiger partial charge in [-0.25, -0.2) is 22.2 Å². The van der Waals surface area contributed by atoms with E-state index >= 15 is 0 Å². The van der Waals surface area contributed by atoms with E-state index in [9.17, 15) is 13.2 Å². The van der Waals surface area contributed by atoms with E-state index in [4.69, 9.17) is 14.5 Å². The van der Waals surface area contributed by atoms with Gasteiger partial charge in [-0.1, -0.05) is 12.1 Å². The number of aromatic nitrogens is 2. The first-order valence-electron chi connectivity index (χ1n) is 10.5. The van der Waals surface area contributed by atoms with Gasteiger partial charge in [0.05, 0.1) is 36.9 Å². The van der Waals surface area contributed by atoms with Gasteiger partial charge < -0.3 is 9.47 Å². The second-order valence-corrected chi connectivity index (χ2v) is 9.67. The summed E-state index contributed by atoms with van der Waals surface area (Å²) in [6, 6.07) is 9.85. The van der Waals surface area contributed by atoms with E-state index in [1.54, 1.807) is 12.1 Å². The second kappa shape index (κ2) is 9.01. The van der Waals surface area contributed by atoms with Crippen molar-refractivity contribution in [2.45, 2.75) is 25.2 Å². The third kappa shape index (κ3) is 4.15. The number of benzene rings is 2. The Bertz CT molecular complexity index is 1260. The predicted molar refractivity (Wildman–Crippen MR) is 121 cm³/mol. The minimum Gasteiger partial charge on any atom is -0.465 e. The first-order chi connectivity index (χ1) is 15.3. The minimum atomic E-state index is -4.11. The van der Waals surface area contributed by atoms with Crippen LogP contribution in [-0.2, 0) is 25.9 Å². The van der Waals surface area contributed by atoms with Crippen LogP contribution in [0.4, 0.5) is 0 Å². The number of aryl methyl sites for hydroxylation is 2. The molecule has 3 aromatic rings. The lowest BCUT2D eigenvalue weighted by Gasteiger charge is -2.26. The maximum Gasteiger partial charge on any atom is 0.339 e. The summed E-state index contributed by atoms with van der Waals surface area (Å²) < 4.78 is 39.3. The van der Waals surface area contributed by atoms with Crippen LogP contribution in [0.5, 0.6) is 0 Å². The maximum atomic E-state index is 13.9. The average Bonchev–Trinajstić information content (AvgIpc) is 3.16. The van der Waals surface area contributed by atoms with E-state index in [-0.39, 0.29) is 10.5 Å². The molecule has 4 rings (SSSR count). The second-order valence-electron chi connectivity index (χ2n) is 7.91. The smallest absolute Gasteiger partial charge is 0.339 e. The molecule has 8 nitrogen and oxygen atoms in total. The number of ether oxygens (including phenoxy) is 2. The molecule has 1 aromatic heterocycles. The van der Waals surface area contributed by atoms with Crippen LogP contribution in [0.3, 0.4) is 0 Å².